The van der Waals surface area contributed by atoms with Gasteiger partial charge in [-0.05, 0) is 29.5 Å². The molecular weight excluding hydrogens is 316 g/mol. The molecule has 5 heteroatoms. The van der Waals surface area contributed by atoms with Gasteiger partial charge in [0, 0.05) is 39.1 Å². The van der Waals surface area contributed by atoms with Crippen LogP contribution in [0.5, 0.6) is 5.75 Å². The molecule has 1 atom stereocenters. The summed E-state index contributed by atoms with van der Waals surface area (Å²) < 4.78 is 5.22. The van der Waals surface area contributed by atoms with Crippen molar-refractivity contribution >= 4 is 5.91 Å². The molecule has 1 aliphatic rings. The predicted molar refractivity (Wildman–Crippen MR) is 99.8 cm³/mol. The van der Waals surface area contributed by atoms with Gasteiger partial charge in [-0.15, -0.1) is 0 Å². The second-order valence-corrected chi connectivity index (χ2v) is 7.91. The zero-order valence-corrected chi connectivity index (χ0v) is 16.0. The van der Waals surface area contributed by atoms with Crippen LogP contribution in [-0.4, -0.2) is 66.8 Å². The minimum atomic E-state index is -0.345. The fourth-order valence-corrected chi connectivity index (χ4v) is 2.94. The Morgan fingerprint density at radius 1 is 1.24 bits per heavy atom. The van der Waals surface area contributed by atoms with Crippen molar-refractivity contribution in [3.63, 3.8) is 0 Å². The van der Waals surface area contributed by atoms with E-state index in [0.29, 0.717) is 13.0 Å². The van der Waals surface area contributed by atoms with E-state index >= 15 is 0 Å². The summed E-state index contributed by atoms with van der Waals surface area (Å²) in [7, 11) is 1.65. The van der Waals surface area contributed by atoms with Crippen molar-refractivity contribution in [2.45, 2.75) is 39.7 Å². The van der Waals surface area contributed by atoms with E-state index in [1.165, 1.54) is 0 Å². The zero-order chi connectivity index (χ0) is 18.4. The number of piperazine rings is 1. The first-order valence-corrected chi connectivity index (χ1v) is 9.10. The highest BCUT2D eigenvalue weighted by Gasteiger charge is 2.27. The summed E-state index contributed by atoms with van der Waals surface area (Å²) in [6.45, 7) is 9.98. The van der Waals surface area contributed by atoms with Crippen LogP contribution in [0.3, 0.4) is 0 Å². The second-order valence-electron chi connectivity index (χ2n) is 7.91. The highest BCUT2D eigenvalue weighted by molar-refractivity contribution is 5.76. The maximum Gasteiger partial charge on any atom is 0.222 e. The van der Waals surface area contributed by atoms with Crippen molar-refractivity contribution in [1.82, 2.24) is 9.80 Å². The van der Waals surface area contributed by atoms with Gasteiger partial charge in [0.1, 0.15) is 5.75 Å². The van der Waals surface area contributed by atoms with Gasteiger partial charge in [-0.25, -0.2) is 0 Å². The summed E-state index contributed by atoms with van der Waals surface area (Å²) in [6.07, 6.45) is 0.916. The highest BCUT2D eigenvalue weighted by Crippen LogP contribution is 2.20. The number of β-amino-alcohol motifs (C(OH)–C–C–N with tert-alkyl or cyclic N) is 1. The molecule has 1 amide bonds. The standard InChI is InChI=1S/C20H32N2O3/c1-20(2,3)18(23)15-21-10-12-22(13-11-21)19(24)9-8-16-6-5-7-17(14-16)25-4/h5-7,14,18,23H,8-13,15H2,1-4H3/t18-/m1/s1. The molecule has 2 rings (SSSR count). The van der Waals surface area contributed by atoms with Crippen molar-refractivity contribution in [3.05, 3.63) is 29.8 Å². The lowest BCUT2D eigenvalue weighted by molar-refractivity contribution is -0.133. The van der Waals surface area contributed by atoms with Crippen molar-refractivity contribution in [2.24, 2.45) is 5.41 Å². The van der Waals surface area contributed by atoms with Crippen molar-refractivity contribution < 1.29 is 14.6 Å². The van der Waals surface area contributed by atoms with Crippen LogP contribution in [0.2, 0.25) is 0 Å². The number of hydrogen-bond donors (Lipinski definition) is 1. The SMILES string of the molecule is COc1cccc(CCC(=O)N2CCN(C[C@@H](O)C(C)(C)C)CC2)c1. The first-order valence-electron chi connectivity index (χ1n) is 9.10. The van der Waals surface area contributed by atoms with Gasteiger partial charge in [0.25, 0.3) is 0 Å². The summed E-state index contributed by atoms with van der Waals surface area (Å²) in [5.41, 5.74) is 1.02. The highest BCUT2D eigenvalue weighted by atomic mass is 16.5. The first kappa shape index (κ1) is 19.7. The van der Waals surface area contributed by atoms with Gasteiger partial charge in [0.2, 0.25) is 5.91 Å². The molecule has 0 radical (unpaired) electrons. The van der Waals surface area contributed by atoms with E-state index in [9.17, 15) is 9.90 Å². The van der Waals surface area contributed by atoms with Gasteiger partial charge in [-0.1, -0.05) is 32.9 Å². The molecule has 1 heterocycles. The minimum absolute atomic E-state index is 0.107. The lowest BCUT2D eigenvalue weighted by Gasteiger charge is -2.38. The number of amides is 1. The van der Waals surface area contributed by atoms with Crippen LogP contribution in [0.1, 0.15) is 32.8 Å². The number of rotatable bonds is 6. The average Bonchev–Trinajstić information content (AvgIpc) is 2.59. The lowest BCUT2D eigenvalue weighted by atomic mass is 9.89. The first-order chi connectivity index (χ1) is 11.8. The third-order valence-electron chi connectivity index (χ3n) is 4.92. The Kier molecular flexibility index (Phi) is 6.85. The average molecular weight is 348 g/mol. The van der Waals surface area contributed by atoms with Gasteiger partial charge in [0.05, 0.1) is 13.2 Å². The summed E-state index contributed by atoms with van der Waals surface area (Å²) in [5, 5.41) is 10.2. The van der Waals surface area contributed by atoms with E-state index in [1.807, 2.05) is 29.2 Å². The van der Waals surface area contributed by atoms with E-state index in [2.05, 4.69) is 25.7 Å². The fourth-order valence-electron chi connectivity index (χ4n) is 2.94. The number of ether oxygens (including phenoxy) is 1. The number of carbonyl (C=O) groups excluding carboxylic acids is 1. The number of carbonyl (C=O) groups is 1. The number of aliphatic hydroxyl groups excluding tert-OH is 1. The largest absolute Gasteiger partial charge is 0.497 e. The van der Waals surface area contributed by atoms with Gasteiger partial charge in [-0.3, -0.25) is 9.69 Å². The molecule has 1 aliphatic heterocycles. The molecule has 0 unspecified atom stereocenters. The third-order valence-corrected chi connectivity index (χ3v) is 4.92. The number of benzene rings is 1. The Morgan fingerprint density at radius 3 is 2.52 bits per heavy atom. The molecular formula is C20H32N2O3. The third kappa shape index (κ3) is 6.01. The monoisotopic (exact) mass is 348 g/mol. The fraction of sp³-hybridized carbons (Fsp3) is 0.650. The summed E-state index contributed by atoms with van der Waals surface area (Å²) in [5.74, 6) is 1.04. The molecule has 0 aliphatic carbocycles. The molecule has 5 nitrogen and oxygen atoms in total. The molecule has 25 heavy (non-hydrogen) atoms. The second kappa shape index (κ2) is 8.68. The van der Waals surface area contributed by atoms with Crippen LogP contribution >= 0.6 is 0 Å². The molecule has 1 aromatic rings. The summed E-state index contributed by atoms with van der Waals surface area (Å²) in [4.78, 5) is 16.6. The van der Waals surface area contributed by atoms with Gasteiger partial charge in [0.15, 0.2) is 0 Å². The topological polar surface area (TPSA) is 53.0 Å². The molecule has 140 valence electrons. The normalized spacial score (nSPS) is 17.4. The maximum absolute atomic E-state index is 12.4. The Balaban J connectivity index is 1.75. The van der Waals surface area contributed by atoms with Crippen LogP contribution in [0.25, 0.3) is 0 Å². The smallest absolute Gasteiger partial charge is 0.222 e. The number of hydrogen-bond acceptors (Lipinski definition) is 4. The van der Waals surface area contributed by atoms with Crippen molar-refractivity contribution in [2.75, 3.05) is 39.8 Å². The van der Waals surface area contributed by atoms with E-state index in [1.54, 1.807) is 7.11 Å². The number of aryl methyl sites for hydroxylation is 1. The molecule has 0 aromatic heterocycles. The van der Waals surface area contributed by atoms with Crippen LogP contribution in [0.4, 0.5) is 0 Å². The summed E-state index contributed by atoms with van der Waals surface area (Å²) in [6, 6.07) is 7.88. The van der Waals surface area contributed by atoms with Crippen molar-refractivity contribution in [1.29, 1.82) is 0 Å². The Labute approximate surface area is 151 Å². The van der Waals surface area contributed by atoms with Crippen LogP contribution in [0, 0.1) is 5.41 Å². The zero-order valence-electron chi connectivity index (χ0n) is 16.0. The van der Waals surface area contributed by atoms with Crippen LogP contribution in [-0.2, 0) is 11.2 Å². The Bertz CT molecular complexity index is 560. The molecule has 1 saturated heterocycles. The minimum Gasteiger partial charge on any atom is -0.497 e. The molecule has 1 N–H and O–H groups in total. The Hall–Kier alpha value is -1.59. The predicted octanol–water partition coefficient (Wildman–Crippen LogP) is 2.18. The molecule has 1 fully saturated rings. The number of aliphatic hydroxyl groups is 1. The van der Waals surface area contributed by atoms with E-state index in [4.69, 9.17) is 4.74 Å². The van der Waals surface area contributed by atoms with Gasteiger partial charge < -0.3 is 14.7 Å². The molecule has 0 saturated carbocycles. The molecule has 0 spiro atoms. The summed E-state index contributed by atoms with van der Waals surface area (Å²) >= 11 is 0. The lowest BCUT2D eigenvalue weighted by Crippen LogP contribution is -2.51. The molecule has 1 aromatic carbocycles. The van der Waals surface area contributed by atoms with Crippen LogP contribution < -0.4 is 4.74 Å². The van der Waals surface area contributed by atoms with Gasteiger partial charge >= 0.3 is 0 Å². The molecule has 0 bridgehead atoms. The van der Waals surface area contributed by atoms with Gasteiger partial charge in [-0.2, -0.15) is 0 Å². The number of nitrogens with zero attached hydrogens (tertiary/aromatic N) is 2. The van der Waals surface area contributed by atoms with Crippen molar-refractivity contribution in [3.8, 4) is 5.75 Å². The van der Waals surface area contributed by atoms with Crippen LogP contribution in [0.15, 0.2) is 24.3 Å². The van der Waals surface area contributed by atoms with E-state index in [-0.39, 0.29) is 17.4 Å². The quantitative estimate of drug-likeness (QED) is 0.856. The maximum atomic E-state index is 12.4. The van der Waals surface area contributed by atoms with E-state index in [0.717, 1.165) is 43.9 Å². The van der Waals surface area contributed by atoms with E-state index < -0.39 is 0 Å². The Morgan fingerprint density at radius 2 is 1.92 bits per heavy atom. The number of methoxy groups -OCH3 is 1.